The summed E-state index contributed by atoms with van der Waals surface area (Å²) in [6, 6.07) is 4.31. The molecule has 18 heavy (non-hydrogen) atoms. The van der Waals surface area contributed by atoms with Crippen molar-refractivity contribution in [2.24, 2.45) is 5.92 Å². The first-order valence-electron chi connectivity index (χ1n) is 5.51. The Bertz CT molecular complexity index is 475. The van der Waals surface area contributed by atoms with E-state index in [9.17, 15) is 13.2 Å². The van der Waals surface area contributed by atoms with E-state index >= 15 is 0 Å². The Morgan fingerprint density at radius 3 is 2.56 bits per heavy atom. The van der Waals surface area contributed by atoms with Gasteiger partial charge in [0.05, 0.1) is 10.6 Å². The number of hydrogen-bond acceptors (Lipinski definition) is 1. The van der Waals surface area contributed by atoms with E-state index in [0.717, 1.165) is 25.1 Å². The minimum absolute atomic E-state index is 0. The highest BCUT2D eigenvalue weighted by Gasteiger charge is 2.58. The molecule has 1 unspecified atom stereocenters. The third kappa shape index (κ3) is 2.00. The number of halogens is 5. The Balaban J connectivity index is 0.00000120. The number of fused-ring (bicyclic) bond motifs is 1. The van der Waals surface area contributed by atoms with Crippen molar-refractivity contribution in [3.05, 3.63) is 34.3 Å². The Morgan fingerprint density at radius 2 is 2.06 bits per heavy atom. The highest BCUT2D eigenvalue weighted by molar-refractivity contribution is 6.31. The summed E-state index contributed by atoms with van der Waals surface area (Å²) < 4.78 is 38.3. The van der Waals surface area contributed by atoms with Gasteiger partial charge in [-0.1, -0.05) is 17.7 Å². The second kappa shape index (κ2) is 4.29. The van der Waals surface area contributed by atoms with E-state index in [1.165, 1.54) is 12.1 Å². The zero-order valence-electron chi connectivity index (χ0n) is 9.35. The topological polar surface area (TPSA) is 12.0 Å². The molecule has 0 aromatic heterocycles. The van der Waals surface area contributed by atoms with Crippen LogP contribution in [0.2, 0.25) is 5.02 Å². The Hall–Kier alpha value is -0.450. The van der Waals surface area contributed by atoms with Gasteiger partial charge in [-0.25, -0.2) is 0 Å². The van der Waals surface area contributed by atoms with Crippen molar-refractivity contribution < 1.29 is 13.2 Å². The minimum atomic E-state index is -4.37. The number of nitrogens with one attached hydrogen (secondary N) is 1. The van der Waals surface area contributed by atoms with E-state index in [0.29, 0.717) is 5.92 Å². The maximum absolute atomic E-state index is 12.8. The van der Waals surface area contributed by atoms with Gasteiger partial charge in [0.15, 0.2) is 0 Å². The first kappa shape index (κ1) is 14.0. The molecule has 2 fully saturated rings. The molecule has 1 aromatic carbocycles. The molecule has 0 spiro atoms. The average molecular weight is 298 g/mol. The molecule has 6 heteroatoms. The fraction of sp³-hybridized carbons (Fsp3) is 0.500. The molecule has 1 N–H and O–H groups in total. The highest BCUT2D eigenvalue weighted by Crippen LogP contribution is 2.57. The highest BCUT2D eigenvalue weighted by atomic mass is 35.5. The number of rotatable bonds is 1. The molecular formula is C12H12Cl2F3N. The molecule has 3 rings (SSSR count). The molecule has 0 amide bonds. The molecule has 1 aliphatic carbocycles. The monoisotopic (exact) mass is 297 g/mol. The molecule has 0 radical (unpaired) electrons. The Morgan fingerprint density at radius 1 is 1.33 bits per heavy atom. The van der Waals surface area contributed by atoms with E-state index in [1.54, 1.807) is 6.07 Å². The van der Waals surface area contributed by atoms with Crippen LogP contribution in [-0.2, 0) is 11.6 Å². The van der Waals surface area contributed by atoms with Crippen LogP contribution in [-0.4, -0.2) is 13.1 Å². The number of hydrogen-bond donors (Lipinski definition) is 1. The lowest BCUT2D eigenvalue weighted by atomic mass is 9.93. The van der Waals surface area contributed by atoms with Crippen LogP contribution in [0.4, 0.5) is 13.2 Å². The van der Waals surface area contributed by atoms with Crippen LogP contribution < -0.4 is 5.32 Å². The standard InChI is InChI=1S/C12H11ClF3N.ClH/c13-10-2-1-7(3-9(10)12(14,15)16)11-4-8(11)5-17-6-11;/h1-3,8,17H,4-6H2;1H/t8-,11?;/m0./s1. The maximum atomic E-state index is 12.8. The van der Waals surface area contributed by atoms with Gasteiger partial charge in [-0.15, -0.1) is 12.4 Å². The van der Waals surface area contributed by atoms with Crippen molar-refractivity contribution in [2.75, 3.05) is 13.1 Å². The van der Waals surface area contributed by atoms with E-state index in [4.69, 9.17) is 11.6 Å². The average Bonchev–Trinajstić information content (AvgIpc) is 2.80. The van der Waals surface area contributed by atoms with Crippen LogP contribution in [0.15, 0.2) is 18.2 Å². The molecule has 1 nitrogen and oxygen atoms in total. The smallest absolute Gasteiger partial charge is 0.316 e. The van der Waals surface area contributed by atoms with Gasteiger partial charge in [0, 0.05) is 12.0 Å². The molecule has 0 bridgehead atoms. The van der Waals surface area contributed by atoms with Crippen molar-refractivity contribution in [2.45, 2.75) is 18.0 Å². The molecule has 1 aromatic rings. The molecule has 2 atom stereocenters. The summed E-state index contributed by atoms with van der Waals surface area (Å²) >= 11 is 5.61. The summed E-state index contributed by atoms with van der Waals surface area (Å²) in [7, 11) is 0. The third-order valence-electron chi connectivity index (χ3n) is 3.91. The van der Waals surface area contributed by atoms with Crippen LogP contribution in [0.1, 0.15) is 17.5 Å². The number of piperidine rings is 1. The zero-order chi connectivity index (χ0) is 12.3. The van der Waals surface area contributed by atoms with E-state index in [1.807, 2.05) is 0 Å². The molecular weight excluding hydrogens is 286 g/mol. The number of alkyl halides is 3. The second-order valence-electron chi connectivity index (χ2n) is 4.88. The summed E-state index contributed by atoms with van der Waals surface area (Å²) in [5, 5.41) is 3.00. The first-order chi connectivity index (χ1) is 7.93. The molecule has 100 valence electrons. The summed E-state index contributed by atoms with van der Waals surface area (Å²) in [5.74, 6) is 0.491. The maximum Gasteiger partial charge on any atom is 0.417 e. The second-order valence-corrected chi connectivity index (χ2v) is 5.29. The summed E-state index contributed by atoms with van der Waals surface area (Å²) in [4.78, 5) is 0. The van der Waals surface area contributed by atoms with E-state index < -0.39 is 11.7 Å². The SMILES string of the molecule is Cl.FC(F)(F)c1cc(C23CNC[C@@H]2C3)ccc1Cl. The van der Waals surface area contributed by atoms with Crippen molar-refractivity contribution in [1.82, 2.24) is 5.32 Å². The van der Waals surface area contributed by atoms with Gasteiger partial charge < -0.3 is 5.32 Å². The van der Waals surface area contributed by atoms with E-state index in [-0.39, 0.29) is 22.8 Å². The van der Waals surface area contributed by atoms with Crippen LogP contribution in [0, 0.1) is 5.92 Å². The molecule has 2 aliphatic rings. The quantitative estimate of drug-likeness (QED) is 0.834. The Labute approximate surface area is 114 Å². The minimum Gasteiger partial charge on any atom is -0.316 e. The lowest BCUT2D eigenvalue weighted by Gasteiger charge is -2.16. The lowest BCUT2D eigenvalue weighted by Crippen LogP contribution is -2.20. The predicted molar refractivity (Wildman–Crippen MR) is 66.4 cm³/mol. The zero-order valence-corrected chi connectivity index (χ0v) is 10.9. The van der Waals surface area contributed by atoms with Crippen LogP contribution in [0.3, 0.4) is 0 Å². The molecule has 1 heterocycles. The summed E-state index contributed by atoms with van der Waals surface area (Å²) in [6.07, 6.45) is -3.39. The van der Waals surface area contributed by atoms with Crippen LogP contribution in [0.25, 0.3) is 0 Å². The molecule has 1 saturated heterocycles. The van der Waals surface area contributed by atoms with Gasteiger partial charge in [0.25, 0.3) is 0 Å². The first-order valence-corrected chi connectivity index (χ1v) is 5.89. The third-order valence-corrected chi connectivity index (χ3v) is 4.24. The molecule has 1 saturated carbocycles. The lowest BCUT2D eigenvalue weighted by molar-refractivity contribution is -0.137. The van der Waals surface area contributed by atoms with Crippen molar-refractivity contribution in [3.63, 3.8) is 0 Å². The number of benzene rings is 1. The van der Waals surface area contributed by atoms with Crippen molar-refractivity contribution >= 4 is 24.0 Å². The van der Waals surface area contributed by atoms with Gasteiger partial charge in [0.2, 0.25) is 0 Å². The van der Waals surface area contributed by atoms with Gasteiger partial charge in [-0.2, -0.15) is 13.2 Å². The van der Waals surface area contributed by atoms with Gasteiger partial charge in [-0.3, -0.25) is 0 Å². The predicted octanol–water partition coefficient (Wildman–Crippen LogP) is 3.64. The van der Waals surface area contributed by atoms with Crippen molar-refractivity contribution in [1.29, 1.82) is 0 Å². The fourth-order valence-corrected chi connectivity index (χ4v) is 3.07. The summed E-state index contributed by atoms with van der Waals surface area (Å²) in [6.45, 7) is 1.68. The van der Waals surface area contributed by atoms with E-state index in [2.05, 4.69) is 5.32 Å². The fourth-order valence-electron chi connectivity index (χ4n) is 2.84. The Kier molecular flexibility index (Phi) is 3.33. The van der Waals surface area contributed by atoms with Crippen LogP contribution >= 0.6 is 24.0 Å². The van der Waals surface area contributed by atoms with Crippen LogP contribution in [0.5, 0.6) is 0 Å². The van der Waals surface area contributed by atoms with Gasteiger partial charge in [0.1, 0.15) is 0 Å². The normalized spacial score (nSPS) is 29.7. The molecule has 1 aliphatic heterocycles. The van der Waals surface area contributed by atoms with Gasteiger partial charge >= 0.3 is 6.18 Å². The van der Waals surface area contributed by atoms with Gasteiger partial charge in [-0.05, 0) is 36.6 Å². The van der Waals surface area contributed by atoms with Crippen molar-refractivity contribution in [3.8, 4) is 0 Å². The summed E-state index contributed by atoms with van der Waals surface area (Å²) in [5.41, 5.74) is -0.0160. The largest absolute Gasteiger partial charge is 0.417 e.